The zero-order valence-corrected chi connectivity index (χ0v) is 13.6. The summed E-state index contributed by atoms with van der Waals surface area (Å²) in [5.41, 5.74) is 0.747. The van der Waals surface area contributed by atoms with Crippen LogP contribution in [0.25, 0.3) is 0 Å². The van der Waals surface area contributed by atoms with Crippen molar-refractivity contribution in [2.75, 3.05) is 36.9 Å². The summed E-state index contributed by atoms with van der Waals surface area (Å²) >= 11 is 1.74. The number of hydrogen-bond donors (Lipinski definition) is 1. The maximum Gasteiger partial charge on any atom is 0.251 e. The molecule has 8 heteroatoms. The predicted octanol–water partition coefficient (Wildman–Crippen LogP) is 0.667. The van der Waals surface area contributed by atoms with Crippen LogP contribution in [0.3, 0.4) is 0 Å². The van der Waals surface area contributed by atoms with E-state index in [1.54, 1.807) is 30.0 Å². The molecule has 1 heterocycles. The normalized spacial score (nSPS) is 16.0. The molecule has 0 spiro atoms. The van der Waals surface area contributed by atoms with E-state index in [1.165, 1.54) is 10.4 Å². The van der Waals surface area contributed by atoms with Crippen LogP contribution in [0.5, 0.6) is 0 Å². The molecule has 1 fully saturated rings. The highest BCUT2D eigenvalue weighted by Gasteiger charge is 2.23. The Labute approximate surface area is 134 Å². The molecule has 0 aliphatic carbocycles. The van der Waals surface area contributed by atoms with Gasteiger partial charge in [0.15, 0.2) is 0 Å². The van der Waals surface area contributed by atoms with Crippen LogP contribution in [0.2, 0.25) is 0 Å². The molecule has 1 aliphatic heterocycles. The SMILES string of the molecule is N#Cc1cccc(C(=O)NCCS(=O)(=O)N2CCSCC2)c1. The van der Waals surface area contributed by atoms with E-state index in [1.807, 2.05) is 6.07 Å². The maximum absolute atomic E-state index is 12.1. The third-order valence-electron chi connectivity index (χ3n) is 3.26. The lowest BCUT2D eigenvalue weighted by atomic mass is 10.1. The molecule has 1 aromatic rings. The number of thioether (sulfide) groups is 1. The standard InChI is InChI=1S/C14H17N3O3S2/c15-11-12-2-1-3-13(10-12)14(18)16-4-9-22(19,20)17-5-7-21-8-6-17/h1-3,10H,4-9H2,(H,16,18). The molecule has 1 aliphatic rings. The van der Waals surface area contributed by atoms with Crippen LogP contribution in [-0.2, 0) is 10.0 Å². The van der Waals surface area contributed by atoms with Crippen molar-refractivity contribution in [1.29, 1.82) is 5.26 Å². The van der Waals surface area contributed by atoms with Gasteiger partial charge in [0, 0.05) is 36.7 Å². The summed E-state index contributed by atoms with van der Waals surface area (Å²) < 4.78 is 25.7. The molecule has 0 saturated carbocycles. The van der Waals surface area contributed by atoms with Gasteiger partial charge in [-0.25, -0.2) is 12.7 Å². The molecule has 22 heavy (non-hydrogen) atoms. The minimum atomic E-state index is -3.32. The molecule has 1 aromatic carbocycles. The van der Waals surface area contributed by atoms with Crippen molar-refractivity contribution < 1.29 is 13.2 Å². The predicted molar refractivity (Wildman–Crippen MR) is 86.2 cm³/mol. The third kappa shape index (κ3) is 4.47. The van der Waals surface area contributed by atoms with E-state index < -0.39 is 10.0 Å². The molecule has 6 nitrogen and oxygen atoms in total. The first-order valence-corrected chi connectivity index (χ1v) is 9.63. The van der Waals surface area contributed by atoms with Crippen LogP contribution in [0.1, 0.15) is 15.9 Å². The van der Waals surface area contributed by atoms with Crippen molar-refractivity contribution in [2.24, 2.45) is 0 Å². The molecule has 2 rings (SSSR count). The second-order valence-electron chi connectivity index (χ2n) is 4.78. The van der Waals surface area contributed by atoms with Crippen LogP contribution in [0.15, 0.2) is 24.3 Å². The summed E-state index contributed by atoms with van der Waals surface area (Å²) in [6, 6.07) is 8.26. The Kier molecular flexibility index (Phi) is 5.83. The number of nitriles is 1. The Morgan fingerprint density at radius 1 is 1.36 bits per heavy atom. The van der Waals surface area contributed by atoms with Crippen molar-refractivity contribution >= 4 is 27.7 Å². The number of carbonyl (C=O) groups excluding carboxylic acids is 1. The Morgan fingerprint density at radius 2 is 2.09 bits per heavy atom. The molecule has 0 aromatic heterocycles. The van der Waals surface area contributed by atoms with Gasteiger partial charge in [-0.2, -0.15) is 17.0 Å². The largest absolute Gasteiger partial charge is 0.351 e. The van der Waals surface area contributed by atoms with Crippen molar-refractivity contribution in [3.8, 4) is 6.07 Å². The number of nitrogens with one attached hydrogen (secondary N) is 1. The Balaban J connectivity index is 1.87. The molecule has 118 valence electrons. The van der Waals surface area contributed by atoms with E-state index in [4.69, 9.17) is 5.26 Å². The lowest BCUT2D eigenvalue weighted by Gasteiger charge is -2.25. The molecule has 0 bridgehead atoms. The molecule has 1 amide bonds. The van der Waals surface area contributed by atoms with Gasteiger partial charge in [-0.1, -0.05) is 6.07 Å². The molecule has 1 saturated heterocycles. The molecular weight excluding hydrogens is 322 g/mol. The molecule has 0 atom stereocenters. The summed E-state index contributed by atoms with van der Waals surface area (Å²) in [6.07, 6.45) is 0. The summed E-state index contributed by atoms with van der Waals surface area (Å²) in [6.45, 7) is 1.12. The van der Waals surface area contributed by atoms with Gasteiger partial charge in [-0.05, 0) is 18.2 Å². The summed E-state index contributed by atoms with van der Waals surface area (Å²) in [7, 11) is -3.32. The second-order valence-corrected chi connectivity index (χ2v) is 8.09. The van der Waals surface area contributed by atoms with E-state index in [-0.39, 0.29) is 18.2 Å². The van der Waals surface area contributed by atoms with Crippen LogP contribution >= 0.6 is 11.8 Å². The smallest absolute Gasteiger partial charge is 0.251 e. The second kappa shape index (κ2) is 7.63. The van der Waals surface area contributed by atoms with Gasteiger partial charge in [0.2, 0.25) is 10.0 Å². The van der Waals surface area contributed by atoms with E-state index in [2.05, 4.69) is 5.32 Å². The van der Waals surface area contributed by atoms with Gasteiger partial charge in [-0.15, -0.1) is 0 Å². The number of rotatable bonds is 5. The lowest BCUT2D eigenvalue weighted by Crippen LogP contribution is -2.41. The molecule has 0 radical (unpaired) electrons. The highest BCUT2D eigenvalue weighted by molar-refractivity contribution is 7.99. The van der Waals surface area contributed by atoms with Gasteiger partial charge in [0.05, 0.1) is 17.4 Å². The van der Waals surface area contributed by atoms with Gasteiger partial charge >= 0.3 is 0 Å². The highest BCUT2D eigenvalue weighted by atomic mass is 32.2. The number of sulfonamides is 1. The monoisotopic (exact) mass is 339 g/mol. The summed E-state index contributed by atoms with van der Waals surface area (Å²) in [5, 5.41) is 11.4. The lowest BCUT2D eigenvalue weighted by molar-refractivity contribution is 0.0956. The zero-order valence-electron chi connectivity index (χ0n) is 12.0. The fraction of sp³-hybridized carbons (Fsp3) is 0.429. The average Bonchev–Trinajstić information content (AvgIpc) is 2.55. The molecule has 1 N–H and O–H groups in total. The Bertz CT molecular complexity index is 677. The topological polar surface area (TPSA) is 90.3 Å². The first-order chi connectivity index (χ1) is 10.5. The van der Waals surface area contributed by atoms with Crippen molar-refractivity contribution in [1.82, 2.24) is 9.62 Å². The zero-order chi connectivity index (χ0) is 16.0. The van der Waals surface area contributed by atoms with Crippen molar-refractivity contribution in [2.45, 2.75) is 0 Å². The highest BCUT2D eigenvalue weighted by Crippen LogP contribution is 2.13. The van der Waals surface area contributed by atoms with E-state index >= 15 is 0 Å². The third-order valence-corrected chi connectivity index (χ3v) is 6.08. The Morgan fingerprint density at radius 3 is 2.77 bits per heavy atom. The quantitative estimate of drug-likeness (QED) is 0.851. The number of hydrogen-bond acceptors (Lipinski definition) is 5. The van der Waals surface area contributed by atoms with Crippen LogP contribution < -0.4 is 5.32 Å². The van der Waals surface area contributed by atoms with Crippen LogP contribution in [-0.4, -0.2) is 55.5 Å². The maximum atomic E-state index is 12.1. The number of nitrogens with zero attached hydrogens (tertiary/aromatic N) is 2. The minimum absolute atomic E-state index is 0.0571. The average molecular weight is 339 g/mol. The fourth-order valence-electron chi connectivity index (χ4n) is 2.08. The van der Waals surface area contributed by atoms with E-state index in [0.717, 1.165) is 11.5 Å². The van der Waals surface area contributed by atoms with Gasteiger partial charge < -0.3 is 5.32 Å². The molecular formula is C14H17N3O3S2. The minimum Gasteiger partial charge on any atom is -0.351 e. The van der Waals surface area contributed by atoms with Gasteiger partial charge in [0.25, 0.3) is 5.91 Å². The number of benzene rings is 1. The van der Waals surface area contributed by atoms with Crippen LogP contribution in [0, 0.1) is 11.3 Å². The number of amides is 1. The summed E-state index contributed by atoms with van der Waals surface area (Å²) in [4.78, 5) is 11.9. The first-order valence-electron chi connectivity index (χ1n) is 6.87. The van der Waals surface area contributed by atoms with Gasteiger partial charge in [-0.3, -0.25) is 4.79 Å². The van der Waals surface area contributed by atoms with E-state index in [0.29, 0.717) is 24.2 Å². The van der Waals surface area contributed by atoms with Gasteiger partial charge in [0.1, 0.15) is 0 Å². The summed E-state index contributed by atoms with van der Waals surface area (Å²) in [5.74, 6) is 1.14. The fourth-order valence-corrected chi connectivity index (χ4v) is 4.57. The first kappa shape index (κ1) is 16.8. The van der Waals surface area contributed by atoms with E-state index in [9.17, 15) is 13.2 Å². The number of carbonyl (C=O) groups is 1. The Hall–Kier alpha value is -1.56. The molecule has 0 unspecified atom stereocenters. The van der Waals surface area contributed by atoms with Crippen LogP contribution in [0.4, 0.5) is 0 Å². The van der Waals surface area contributed by atoms with Crippen molar-refractivity contribution in [3.63, 3.8) is 0 Å². The van der Waals surface area contributed by atoms with Crippen molar-refractivity contribution in [3.05, 3.63) is 35.4 Å².